The maximum absolute atomic E-state index is 10.1. The lowest BCUT2D eigenvalue weighted by Gasteiger charge is -2.21. The summed E-state index contributed by atoms with van der Waals surface area (Å²) in [6.07, 6.45) is 59.9. The van der Waals surface area contributed by atoms with Gasteiger partial charge in [-0.25, -0.2) is 0 Å². The van der Waals surface area contributed by atoms with E-state index in [0.717, 1.165) is 135 Å². The van der Waals surface area contributed by atoms with Crippen molar-refractivity contribution in [2.75, 3.05) is 52.9 Å². The molecule has 0 aromatic heterocycles. The van der Waals surface area contributed by atoms with Gasteiger partial charge >= 0.3 is 0 Å². The highest BCUT2D eigenvalue weighted by molar-refractivity contribution is 4.82. The van der Waals surface area contributed by atoms with E-state index < -0.39 is 0 Å². The highest BCUT2D eigenvalue weighted by Crippen LogP contribution is 2.42. The van der Waals surface area contributed by atoms with Crippen LogP contribution in [0.15, 0.2) is 0 Å². The number of ether oxygens (including phenoxy) is 4. The number of aliphatic hydroxyl groups excluding tert-OH is 2. The van der Waals surface area contributed by atoms with Crippen molar-refractivity contribution in [2.45, 2.75) is 392 Å². The summed E-state index contributed by atoms with van der Waals surface area (Å²) in [5.74, 6) is 15.1. The van der Waals surface area contributed by atoms with Crippen LogP contribution in [0.25, 0.3) is 0 Å². The van der Waals surface area contributed by atoms with Gasteiger partial charge in [0.2, 0.25) is 0 Å². The molecule has 3 fully saturated rings. The van der Waals surface area contributed by atoms with Gasteiger partial charge in [-0.1, -0.05) is 328 Å². The van der Waals surface area contributed by atoms with E-state index in [2.05, 4.69) is 96.9 Å². The van der Waals surface area contributed by atoms with E-state index in [9.17, 15) is 10.2 Å². The maximum atomic E-state index is 10.1. The Morgan fingerprint density at radius 2 is 0.446 bits per heavy atom. The topological polar surface area (TPSA) is 77.4 Å². The summed E-state index contributed by atoms with van der Waals surface area (Å²) < 4.78 is 24.5. The number of aliphatic hydroxyl groups is 2. The zero-order valence-electron chi connectivity index (χ0n) is 64.8. The average Bonchev–Trinajstić information content (AvgIpc) is 3.51. The molecular formula is C86H168O6. The smallest absolute Gasteiger partial charge is 0.104 e. The van der Waals surface area contributed by atoms with Crippen molar-refractivity contribution in [3.8, 4) is 0 Å². The van der Waals surface area contributed by atoms with Gasteiger partial charge in [-0.3, -0.25) is 0 Å². The lowest BCUT2D eigenvalue weighted by atomic mass is 9.85. The largest absolute Gasteiger partial charge is 0.394 e. The second-order valence-electron chi connectivity index (χ2n) is 35.2. The third kappa shape index (κ3) is 44.7. The Morgan fingerprint density at radius 3 is 0.707 bits per heavy atom. The molecule has 1 heterocycles. The summed E-state index contributed by atoms with van der Waals surface area (Å²) >= 11 is 0. The van der Waals surface area contributed by atoms with E-state index in [0.29, 0.717) is 36.9 Å². The Labute approximate surface area is 577 Å². The number of hydrogen-bond acceptors (Lipinski definition) is 6. The summed E-state index contributed by atoms with van der Waals surface area (Å²) in [4.78, 5) is 0. The predicted molar refractivity (Wildman–Crippen MR) is 401 cm³/mol. The number of fused-ring (bicyclic) bond motifs is 4. The van der Waals surface area contributed by atoms with Crippen molar-refractivity contribution < 1.29 is 29.2 Å². The molecule has 0 radical (unpaired) electrons. The first-order chi connectivity index (χ1) is 44.3. The fraction of sp³-hybridized carbons (Fsp3) is 1.00. The Balaban J connectivity index is 1.34. The highest BCUT2D eigenvalue weighted by Gasteiger charge is 2.30. The van der Waals surface area contributed by atoms with Gasteiger partial charge in [0.15, 0.2) is 0 Å². The first-order valence-corrected chi connectivity index (χ1v) is 41.9. The zero-order valence-corrected chi connectivity index (χ0v) is 64.8. The van der Waals surface area contributed by atoms with E-state index >= 15 is 0 Å². The van der Waals surface area contributed by atoms with Crippen molar-refractivity contribution in [3.63, 3.8) is 0 Å². The van der Waals surface area contributed by atoms with Crippen LogP contribution in [0.2, 0.25) is 0 Å². The Bertz CT molecular complexity index is 1510. The lowest BCUT2D eigenvalue weighted by Crippen LogP contribution is -2.25. The molecule has 6 nitrogen and oxygen atoms in total. The predicted octanol–water partition coefficient (Wildman–Crippen LogP) is 25.4. The molecule has 1 aliphatic heterocycles. The van der Waals surface area contributed by atoms with Gasteiger partial charge in [-0.2, -0.15) is 0 Å². The third-order valence-corrected chi connectivity index (χ3v) is 25.2. The van der Waals surface area contributed by atoms with Crippen LogP contribution in [0.1, 0.15) is 379 Å². The van der Waals surface area contributed by atoms with Crippen LogP contribution in [-0.2, 0) is 18.9 Å². The summed E-state index contributed by atoms with van der Waals surface area (Å²) in [6.45, 7) is 39.0. The van der Waals surface area contributed by atoms with E-state index in [4.69, 9.17) is 18.9 Å². The molecule has 2 N–H and O–H groups in total. The molecule has 20 atom stereocenters. The molecule has 20 unspecified atom stereocenters. The van der Waals surface area contributed by atoms with Gasteiger partial charge in [-0.15, -0.1) is 0 Å². The van der Waals surface area contributed by atoms with E-state index in [1.165, 1.54) is 257 Å². The normalized spacial score (nSPS) is 38.3. The molecule has 2 aliphatic carbocycles. The van der Waals surface area contributed by atoms with Gasteiger partial charge < -0.3 is 29.2 Å². The molecule has 0 aromatic carbocycles. The quantitative estimate of drug-likeness (QED) is 0.287. The monoisotopic (exact) mass is 1300 g/mol. The molecule has 2 saturated carbocycles. The Hall–Kier alpha value is -0.240. The van der Waals surface area contributed by atoms with Crippen molar-refractivity contribution in [2.24, 2.45) is 107 Å². The van der Waals surface area contributed by atoms with Gasteiger partial charge in [-0.05, 0) is 158 Å². The number of rotatable bonds is 2. The van der Waals surface area contributed by atoms with Crippen molar-refractivity contribution in [1.82, 2.24) is 0 Å². The van der Waals surface area contributed by atoms with E-state index in [1.54, 1.807) is 0 Å². The van der Waals surface area contributed by atoms with Crippen molar-refractivity contribution in [1.29, 1.82) is 0 Å². The van der Waals surface area contributed by atoms with Gasteiger partial charge in [0, 0.05) is 26.4 Å². The zero-order chi connectivity index (χ0) is 67.1. The standard InChI is InChI=1S/C86H168O6/c1-67-25-15-27-69(3)31-19-35-77(11)55-59-91-85(63-87)65-89-57-53-75(9)40-24-44-82-50-52-84(62-82)80(14)42-22-38-74(8)48-46-72(6)34-18-30-68(2)26-16-28-70(4)32-20-36-78(12)56-60-92-86(64-88)66-90-58-54-76(10)39-23-43-81-49-51-83(61-81)79(13)41-21-37-73(7)47-45-71(5)33-17-29-67/h67-88H,15-66H2,1-14H3. The summed E-state index contributed by atoms with van der Waals surface area (Å²) in [6, 6.07) is 0. The summed E-state index contributed by atoms with van der Waals surface area (Å²) in [5, 5.41) is 20.1. The molecule has 4 bridgehead atoms. The van der Waals surface area contributed by atoms with Gasteiger partial charge in [0.05, 0.1) is 26.4 Å². The molecule has 1 saturated heterocycles. The first kappa shape index (κ1) is 86.0. The SMILES string of the molecule is CC1CCCC(C)CCCC(C)CCC(C)CCCC(C)C2CCC(CCCC(C)CCOCC(CO)OCCC(C)CCCC(C)CCCC(C)CCCC(C)CCC(C)CCCC(C)C3CCC(CCCC(C)CCOCC(CO)OCCC(C)CCC1)C3)C2. The van der Waals surface area contributed by atoms with Crippen LogP contribution in [-0.4, -0.2) is 75.3 Å². The fourth-order valence-corrected chi connectivity index (χ4v) is 17.3. The van der Waals surface area contributed by atoms with E-state index in [1.807, 2.05) is 0 Å². The van der Waals surface area contributed by atoms with Crippen LogP contribution in [0, 0.1) is 107 Å². The minimum atomic E-state index is -0.200. The van der Waals surface area contributed by atoms with E-state index in [-0.39, 0.29) is 25.4 Å². The second-order valence-corrected chi connectivity index (χ2v) is 35.2. The third-order valence-electron chi connectivity index (χ3n) is 25.2. The molecule has 0 aromatic rings. The first-order valence-electron chi connectivity index (χ1n) is 41.9. The van der Waals surface area contributed by atoms with Crippen LogP contribution in [0.3, 0.4) is 0 Å². The van der Waals surface area contributed by atoms with Crippen molar-refractivity contribution in [3.05, 3.63) is 0 Å². The average molecular weight is 1300 g/mol. The van der Waals surface area contributed by atoms with Crippen LogP contribution >= 0.6 is 0 Å². The Morgan fingerprint density at radius 1 is 0.228 bits per heavy atom. The molecule has 92 heavy (non-hydrogen) atoms. The highest BCUT2D eigenvalue weighted by atomic mass is 16.5. The van der Waals surface area contributed by atoms with Crippen LogP contribution < -0.4 is 0 Å². The van der Waals surface area contributed by atoms with Crippen LogP contribution in [0.4, 0.5) is 0 Å². The molecule has 0 amide bonds. The molecule has 6 heteroatoms. The minimum Gasteiger partial charge on any atom is -0.394 e. The Kier molecular flexibility index (Phi) is 51.0. The summed E-state index contributed by atoms with van der Waals surface area (Å²) in [7, 11) is 0. The molecule has 548 valence electrons. The molecule has 3 rings (SSSR count). The van der Waals surface area contributed by atoms with Gasteiger partial charge in [0.1, 0.15) is 12.2 Å². The maximum Gasteiger partial charge on any atom is 0.104 e. The molecule has 3 aliphatic rings. The van der Waals surface area contributed by atoms with Gasteiger partial charge in [0.25, 0.3) is 0 Å². The van der Waals surface area contributed by atoms with Crippen LogP contribution in [0.5, 0.6) is 0 Å². The van der Waals surface area contributed by atoms with Crippen molar-refractivity contribution >= 4 is 0 Å². The summed E-state index contributed by atoms with van der Waals surface area (Å²) in [5.41, 5.74) is 0. The molecule has 0 spiro atoms. The lowest BCUT2D eigenvalue weighted by molar-refractivity contribution is -0.0471. The number of hydrogen-bond donors (Lipinski definition) is 2. The fourth-order valence-electron chi connectivity index (χ4n) is 17.3. The second kappa shape index (κ2) is 54.6. The molecular weight excluding hydrogens is 1130 g/mol. The minimum absolute atomic E-state index is 0.0461.